The second-order valence-corrected chi connectivity index (χ2v) is 2.98. The molecule has 0 spiro atoms. The third-order valence-corrected chi connectivity index (χ3v) is 1.89. The lowest BCUT2D eigenvalue weighted by molar-refractivity contribution is -0.116. The van der Waals surface area contributed by atoms with Crippen molar-refractivity contribution in [1.29, 1.82) is 0 Å². The Bertz CT molecular complexity index is 359. The van der Waals surface area contributed by atoms with Crippen LogP contribution >= 0.6 is 0 Å². The zero-order valence-corrected chi connectivity index (χ0v) is 8.37. The molecule has 72 valence electrons. The molecule has 0 aliphatic heterocycles. The zero-order valence-electron chi connectivity index (χ0n) is 8.37. The lowest BCUT2D eigenvalue weighted by Crippen LogP contribution is -2.24. The highest BCUT2D eigenvalue weighted by molar-refractivity contribution is 5.93. The van der Waals surface area contributed by atoms with Crippen molar-refractivity contribution in [2.45, 2.75) is 19.9 Å². The monoisotopic (exact) mass is 187 g/mol. The number of carbonyl (C=O) groups excluding carboxylic acids is 1. The van der Waals surface area contributed by atoms with Gasteiger partial charge in [-0.1, -0.05) is 36.3 Å². The predicted molar refractivity (Wildman–Crippen MR) is 56.4 cm³/mol. The van der Waals surface area contributed by atoms with Crippen LogP contribution in [0.4, 0.5) is 0 Å². The number of hydrogen-bond donors (Lipinski definition) is 1. The summed E-state index contributed by atoms with van der Waals surface area (Å²) in [6, 6.07) is 9.80. The molecule has 1 aromatic rings. The van der Waals surface area contributed by atoms with Crippen LogP contribution in [-0.2, 0) is 4.79 Å². The Morgan fingerprint density at radius 3 is 2.57 bits per heavy atom. The maximum Gasteiger partial charge on any atom is 0.296 e. The number of amides is 1. The molecule has 0 saturated heterocycles. The van der Waals surface area contributed by atoms with Crippen LogP contribution in [0.15, 0.2) is 30.3 Å². The Morgan fingerprint density at radius 2 is 2.00 bits per heavy atom. The maximum absolute atomic E-state index is 11.1. The molecule has 1 N–H and O–H groups in total. The number of benzene rings is 1. The van der Waals surface area contributed by atoms with Gasteiger partial charge in [-0.05, 0) is 25.3 Å². The largest absolute Gasteiger partial charge is 0.339 e. The first-order chi connectivity index (χ1) is 6.74. The first-order valence-corrected chi connectivity index (χ1v) is 4.52. The van der Waals surface area contributed by atoms with Crippen molar-refractivity contribution in [2.24, 2.45) is 0 Å². The second kappa shape index (κ2) is 5.08. The van der Waals surface area contributed by atoms with E-state index in [1.165, 1.54) is 0 Å². The molecule has 1 rings (SSSR count). The van der Waals surface area contributed by atoms with Crippen molar-refractivity contribution in [1.82, 2.24) is 5.32 Å². The van der Waals surface area contributed by atoms with Crippen LogP contribution in [-0.4, -0.2) is 5.91 Å². The van der Waals surface area contributed by atoms with Gasteiger partial charge in [0.25, 0.3) is 5.91 Å². The van der Waals surface area contributed by atoms with E-state index in [1.807, 2.05) is 37.3 Å². The highest BCUT2D eigenvalue weighted by Gasteiger charge is 2.05. The van der Waals surface area contributed by atoms with E-state index in [4.69, 9.17) is 0 Å². The van der Waals surface area contributed by atoms with Gasteiger partial charge >= 0.3 is 0 Å². The maximum atomic E-state index is 11.1. The van der Waals surface area contributed by atoms with E-state index in [9.17, 15) is 4.79 Å². The molecule has 1 amide bonds. The van der Waals surface area contributed by atoms with Crippen molar-refractivity contribution in [3.63, 3.8) is 0 Å². The van der Waals surface area contributed by atoms with Gasteiger partial charge in [0, 0.05) is 0 Å². The van der Waals surface area contributed by atoms with Gasteiger partial charge in [-0.25, -0.2) is 0 Å². The summed E-state index contributed by atoms with van der Waals surface area (Å²) < 4.78 is 0. The lowest BCUT2D eigenvalue weighted by Gasteiger charge is -2.11. The molecule has 1 unspecified atom stereocenters. The first-order valence-electron chi connectivity index (χ1n) is 4.52. The van der Waals surface area contributed by atoms with E-state index in [1.54, 1.807) is 6.92 Å². The summed E-state index contributed by atoms with van der Waals surface area (Å²) in [5.41, 5.74) is 1.08. The van der Waals surface area contributed by atoms with E-state index >= 15 is 0 Å². The van der Waals surface area contributed by atoms with Crippen molar-refractivity contribution in [3.8, 4) is 11.8 Å². The van der Waals surface area contributed by atoms with E-state index in [0.29, 0.717) is 0 Å². The van der Waals surface area contributed by atoms with E-state index in [2.05, 4.69) is 17.2 Å². The first kappa shape index (κ1) is 10.3. The summed E-state index contributed by atoms with van der Waals surface area (Å²) in [5.74, 6) is 4.78. The fourth-order valence-electron chi connectivity index (χ4n) is 1.17. The molecule has 0 aromatic heterocycles. The Labute approximate surface area is 84.3 Å². The quantitative estimate of drug-likeness (QED) is 0.704. The third-order valence-electron chi connectivity index (χ3n) is 1.89. The standard InChI is InChI=1S/C12H13NO/c1-3-7-12(14)13-10(2)11-8-5-4-6-9-11/h4-6,8-10H,1-2H3,(H,13,14). The molecule has 0 radical (unpaired) electrons. The lowest BCUT2D eigenvalue weighted by atomic mass is 10.1. The molecule has 0 aliphatic carbocycles. The van der Waals surface area contributed by atoms with Gasteiger partial charge in [0.15, 0.2) is 0 Å². The number of rotatable bonds is 2. The van der Waals surface area contributed by atoms with E-state index in [0.717, 1.165) is 5.56 Å². The van der Waals surface area contributed by atoms with Gasteiger partial charge in [-0.15, -0.1) is 0 Å². The number of hydrogen-bond acceptors (Lipinski definition) is 1. The smallest absolute Gasteiger partial charge is 0.296 e. The van der Waals surface area contributed by atoms with E-state index < -0.39 is 0 Å². The molecule has 0 aliphatic rings. The van der Waals surface area contributed by atoms with Crippen LogP contribution in [0, 0.1) is 11.8 Å². The molecule has 1 atom stereocenters. The Morgan fingerprint density at radius 1 is 1.36 bits per heavy atom. The zero-order chi connectivity index (χ0) is 10.4. The minimum absolute atomic E-state index is 0.00421. The molecule has 14 heavy (non-hydrogen) atoms. The summed E-state index contributed by atoms with van der Waals surface area (Å²) in [5, 5.41) is 2.78. The van der Waals surface area contributed by atoms with Gasteiger partial charge in [0.1, 0.15) is 0 Å². The summed E-state index contributed by atoms with van der Waals surface area (Å²) in [7, 11) is 0. The van der Waals surface area contributed by atoms with Gasteiger partial charge in [0.2, 0.25) is 0 Å². The molecule has 0 bridgehead atoms. The van der Waals surface area contributed by atoms with Crippen molar-refractivity contribution < 1.29 is 4.79 Å². The topological polar surface area (TPSA) is 29.1 Å². The Kier molecular flexibility index (Phi) is 3.75. The van der Waals surface area contributed by atoms with Gasteiger partial charge in [-0.2, -0.15) is 0 Å². The molecule has 0 saturated carbocycles. The fourth-order valence-corrected chi connectivity index (χ4v) is 1.17. The molecule has 0 heterocycles. The summed E-state index contributed by atoms with van der Waals surface area (Å²) in [6.07, 6.45) is 0. The fraction of sp³-hybridized carbons (Fsp3) is 0.250. The molecule has 1 aromatic carbocycles. The van der Waals surface area contributed by atoms with Crippen molar-refractivity contribution >= 4 is 5.91 Å². The molecule has 2 nitrogen and oxygen atoms in total. The molecular weight excluding hydrogens is 174 g/mol. The third kappa shape index (κ3) is 2.95. The van der Waals surface area contributed by atoms with Gasteiger partial charge in [-0.3, -0.25) is 4.79 Å². The predicted octanol–water partition coefficient (Wildman–Crippen LogP) is 1.89. The highest BCUT2D eigenvalue weighted by atomic mass is 16.1. The highest BCUT2D eigenvalue weighted by Crippen LogP contribution is 2.10. The van der Waals surface area contributed by atoms with Crippen LogP contribution in [0.25, 0.3) is 0 Å². The molecule has 2 heteroatoms. The van der Waals surface area contributed by atoms with Crippen LogP contribution < -0.4 is 5.32 Å². The molecular formula is C12H13NO. The average molecular weight is 187 g/mol. The number of nitrogens with one attached hydrogen (secondary N) is 1. The minimum atomic E-state index is -0.233. The average Bonchev–Trinajstić information content (AvgIpc) is 2.19. The Balaban J connectivity index is 2.62. The van der Waals surface area contributed by atoms with E-state index in [-0.39, 0.29) is 11.9 Å². The van der Waals surface area contributed by atoms with Crippen LogP contribution in [0.5, 0.6) is 0 Å². The normalized spacial score (nSPS) is 11.0. The second-order valence-electron chi connectivity index (χ2n) is 2.98. The molecule has 0 fully saturated rings. The SMILES string of the molecule is CC#CC(=O)NC(C)c1ccccc1. The van der Waals surface area contributed by atoms with Crippen LogP contribution in [0.1, 0.15) is 25.5 Å². The number of carbonyl (C=O) groups is 1. The van der Waals surface area contributed by atoms with Crippen molar-refractivity contribution in [2.75, 3.05) is 0 Å². The van der Waals surface area contributed by atoms with Gasteiger partial charge in [0.05, 0.1) is 6.04 Å². The minimum Gasteiger partial charge on any atom is -0.339 e. The summed E-state index contributed by atoms with van der Waals surface area (Å²) in [4.78, 5) is 11.1. The van der Waals surface area contributed by atoms with Crippen LogP contribution in [0.3, 0.4) is 0 Å². The van der Waals surface area contributed by atoms with Crippen LogP contribution in [0.2, 0.25) is 0 Å². The Hall–Kier alpha value is -1.75. The summed E-state index contributed by atoms with van der Waals surface area (Å²) in [6.45, 7) is 3.58. The van der Waals surface area contributed by atoms with Gasteiger partial charge < -0.3 is 5.32 Å². The summed E-state index contributed by atoms with van der Waals surface area (Å²) >= 11 is 0. The van der Waals surface area contributed by atoms with Crippen molar-refractivity contribution in [3.05, 3.63) is 35.9 Å².